The maximum absolute atomic E-state index is 14.7. The van der Waals surface area contributed by atoms with Crippen LogP contribution in [-0.2, 0) is 11.4 Å². The standard InChI is InChI=1S/C25H23FN4O3S/c1-17-7-9-18(10-8-17)27-24(31)16-34-25-29-28-23(30(25)22-6-4-3-5-21(22)26)15-33-20-13-11-19(32-2)12-14-20/h3-14H,15-16H2,1-2H3,(H,27,31). The number of benzene rings is 3. The highest BCUT2D eigenvalue weighted by molar-refractivity contribution is 7.99. The number of aryl methyl sites for hydroxylation is 1. The Labute approximate surface area is 200 Å². The van der Waals surface area contributed by atoms with Gasteiger partial charge in [-0.25, -0.2) is 4.39 Å². The molecule has 1 aromatic heterocycles. The van der Waals surface area contributed by atoms with E-state index in [1.165, 1.54) is 17.8 Å². The van der Waals surface area contributed by atoms with E-state index in [1.54, 1.807) is 54.1 Å². The molecule has 4 aromatic rings. The van der Waals surface area contributed by atoms with Gasteiger partial charge in [-0.15, -0.1) is 10.2 Å². The quantitative estimate of drug-likeness (QED) is 0.340. The second-order valence-electron chi connectivity index (χ2n) is 7.35. The lowest BCUT2D eigenvalue weighted by atomic mass is 10.2. The van der Waals surface area contributed by atoms with Crippen molar-refractivity contribution in [3.8, 4) is 17.2 Å². The van der Waals surface area contributed by atoms with Crippen molar-refractivity contribution in [2.75, 3.05) is 18.2 Å². The van der Waals surface area contributed by atoms with E-state index in [0.717, 1.165) is 5.56 Å². The Balaban J connectivity index is 1.51. The van der Waals surface area contributed by atoms with Crippen LogP contribution < -0.4 is 14.8 Å². The second kappa shape index (κ2) is 10.8. The Kier molecular flexibility index (Phi) is 7.44. The predicted octanol–water partition coefficient (Wildman–Crippen LogP) is 5.03. The molecule has 0 saturated heterocycles. The van der Waals surface area contributed by atoms with Gasteiger partial charge in [-0.1, -0.05) is 41.6 Å². The van der Waals surface area contributed by atoms with Crippen LogP contribution in [0.4, 0.5) is 10.1 Å². The Morgan fingerprint density at radius 1 is 1.00 bits per heavy atom. The number of amides is 1. The van der Waals surface area contributed by atoms with Gasteiger partial charge in [0.15, 0.2) is 11.0 Å². The summed E-state index contributed by atoms with van der Waals surface area (Å²) in [5.41, 5.74) is 2.09. The molecule has 0 radical (unpaired) electrons. The van der Waals surface area contributed by atoms with Crippen molar-refractivity contribution in [3.05, 3.63) is 90.0 Å². The molecule has 0 aliphatic rings. The third-order valence-electron chi connectivity index (χ3n) is 4.89. The molecule has 7 nitrogen and oxygen atoms in total. The van der Waals surface area contributed by atoms with Gasteiger partial charge in [0.05, 0.1) is 18.6 Å². The van der Waals surface area contributed by atoms with Crippen LogP contribution in [0, 0.1) is 12.7 Å². The molecule has 0 aliphatic carbocycles. The van der Waals surface area contributed by atoms with Gasteiger partial charge < -0.3 is 14.8 Å². The number of para-hydroxylation sites is 1. The summed E-state index contributed by atoms with van der Waals surface area (Å²) in [6.07, 6.45) is 0. The lowest BCUT2D eigenvalue weighted by Gasteiger charge is -2.12. The summed E-state index contributed by atoms with van der Waals surface area (Å²) in [7, 11) is 1.59. The molecule has 1 amide bonds. The Hall–Kier alpha value is -3.85. The van der Waals surface area contributed by atoms with E-state index in [0.29, 0.717) is 28.2 Å². The summed E-state index contributed by atoms with van der Waals surface area (Å²) in [5.74, 6) is 1.18. The predicted molar refractivity (Wildman–Crippen MR) is 129 cm³/mol. The second-order valence-corrected chi connectivity index (χ2v) is 8.30. The molecular formula is C25H23FN4O3S. The van der Waals surface area contributed by atoms with E-state index in [2.05, 4.69) is 15.5 Å². The van der Waals surface area contributed by atoms with Crippen molar-refractivity contribution >= 4 is 23.4 Å². The van der Waals surface area contributed by atoms with Crippen LogP contribution in [0.25, 0.3) is 5.69 Å². The number of nitrogens with zero attached hydrogens (tertiary/aromatic N) is 3. The van der Waals surface area contributed by atoms with Crippen LogP contribution in [0.5, 0.6) is 11.5 Å². The zero-order chi connectivity index (χ0) is 23.9. The fourth-order valence-corrected chi connectivity index (χ4v) is 3.91. The van der Waals surface area contributed by atoms with Gasteiger partial charge in [-0.3, -0.25) is 9.36 Å². The molecule has 4 rings (SSSR count). The minimum Gasteiger partial charge on any atom is -0.497 e. The maximum atomic E-state index is 14.7. The SMILES string of the molecule is COc1ccc(OCc2nnc(SCC(=O)Nc3ccc(C)cc3)n2-c2ccccc2F)cc1. The summed E-state index contributed by atoms with van der Waals surface area (Å²) in [4.78, 5) is 12.5. The zero-order valence-electron chi connectivity index (χ0n) is 18.7. The first-order valence-corrected chi connectivity index (χ1v) is 11.5. The average Bonchev–Trinajstić information content (AvgIpc) is 3.26. The van der Waals surface area contributed by atoms with Gasteiger partial charge in [0, 0.05) is 5.69 Å². The number of hydrogen-bond donors (Lipinski definition) is 1. The van der Waals surface area contributed by atoms with Crippen LogP contribution in [0.1, 0.15) is 11.4 Å². The monoisotopic (exact) mass is 478 g/mol. The smallest absolute Gasteiger partial charge is 0.234 e. The average molecular weight is 479 g/mol. The van der Waals surface area contributed by atoms with Crippen molar-refractivity contribution in [1.82, 2.24) is 14.8 Å². The van der Waals surface area contributed by atoms with Crippen LogP contribution in [0.15, 0.2) is 78.0 Å². The van der Waals surface area contributed by atoms with E-state index < -0.39 is 5.82 Å². The van der Waals surface area contributed by atoms with E-state index >= 15 is 0 Å². The Morgan fingerprint density at radius 2 is 1.71 bits per heavy atom. The van der Waals surface area contributed by atoms with E-state index in [4.69, 9.17) is 9.47 Å². The number of ether oxygens (including phenoxy) is 2. The highest BCUT2D eigenvalue weighted by atomic mass is 32.2. The fraction of sp³-hybridized carbons (Fsp3) is 0.160. The van der Waals surface area contributed by atoms with Gasteiger partial charge in [0.25, 0.3) is 0 Å². The molecule has 174 valence electrons. The van der Waals surface area contributed by atoms with Crippen molar-refractivity contribution < 1.29 is 18.7 Å². The van der Waals surface area contributed by atoms with Crippen LogP contribution in [-0.4, -0.2) is 33.5 Å². The van der Waals surface area contributed by atoms with E-state index in [1.807, 2.05) is 31.2 Å². The normalized spacial score (nSPS) is 10.7. The summed E-state index contributed by atoms with van der Waals surface area (Å²) >= 11 is 1.17. The number of nitrogens with one attached hydrogen (secondary N) is 1. The topological polar surface area (TPSA) is 78.3 Å². The highest BCUT2D eigenvalue weighted by Crippen LogP contribution is 2.25. The number of rotatable bonds is 9. The number of carbonyl (C=O) groups is 1. The molecule has 0 bridgehead atoms. The molecule has 0 atom stereocenters. The first-order chi connectivity index (χ1) is 16.5. The number of hydrogen-bond acceptors (Lipinski definition) is 6. The molecule has 9 heteroatoms. The Bertz CT molecular complexity index is 1260. The van der Waals surface area contributed by atoms with E-state index in [-0.39, 0.29) is 24.0 Å². The van der Waals surface area contributed by atoms with Gasteiger partial charge in [0.2, 0.25) is 5.91 Å². The molecular weight excluding hydrogens is 455 g/mol. The van der Waals surface area contributed by atoms with Crippen molar-refractivity contribution in [1.29, 1.82) is 0 Å². The first-order valence-electron chi connectivity index (χ1n) is 10.5. The van der Waals surface area contributed by atoms with Gasteiger partial charge in [-0.05, 0) is 55.5 Å². The lowest BCUT2D eigenvalue weighted by molar-refractivity contribution is -0.113. The van der Waals surface area contributed by atoms with Crippen molar-refractivity contribution in [2.45, 2.75) is 18.7 Å². The summed E-state index contributed by atoms with van der Waals surface area (Å²) < 4.78 is 27.2. The minimum absolute atomic E-state index is 0.0593. The number of carbonyl (C=O) groups excluding carboxylic acids is 1. The van der Waals surface area contributed by atoms with Crippen molar-refractivity contribution in [2.24, 2.45) is 0 Å². The van der Waals surface area contributed by atoms with Crippen LogP contribution >= 0.6 is 11.8 Å². The molecule has 34 heavy (non-hydrogen) atoms. The summed E-state index contributed by atoms with van der Waals surface area (Å²) in [6.45, 7) is 2.04. The largest absolute Gasteiger partial charge is 0.497 e. The number of methoxy groups -OCH3 is 1. The van der Waals surface area contributed by atoms with Crippen molar-refractivity contribution in [3.63, 3.8) is 0 Å². The third-order valence-corrected chi connectivity index (χ3v) is 5.82. The van der Waals surface area contributed by atoms with Gasteiger partial charge in [0.1, 0.15) is 23.9 Å². The lowest BCUT2D eigenvalue weighted by Crippen LogP contribution is -2.15. The Morgan fingerprint density at radius 3 is 2.41 bits per heavy atom. The number of anilines is 1. The first kappa shape index (κ1) is 23.3. The zero-order valence-corrected chi connectivity index (χ0v) is 19.5. The van der Waals surface area contributed by atoms with E-state index in [9.17, 15) is 9.18 Å². The minimum atomic E-state index is -0.432. The summed E-state index contributed by atoms with van der Waals surface area (Å²) in [5, 5.41) is 11.6. The summed E-state index contributed by atoms with van der Waals surface area (Å²) in [6, 6.07) is 21.0. The van der Waals surface area contributed by atoms with Gasteiger partial charge >= 0.3 is 0 Å². The van der Waals surface area contributed by atoms with Crippen LogP contribution in [0.3, 0.4) is 0 Å². The van der Waals surface area contributed by atoms with Crippen LogP contribution in [0.2, 0.25) is 0 Å². The molecule has 0 spiro atoms. The highest BCUT2D eigenvalue weighted by Gasteiger charge is 2.19. The molecule has 1 N–H and O–H groups in total. The molecule has 0 saturated carbocycles. The molecule has 3 aromatic carbocycles. The maximum Gasteiger partial charge on any atom is 0.234 e. The number of aromatic nitrogens is 3. The molecule has 0 aliphatic heterocycles. The molecule has 0 fully saturated rings. The third kappa shape index (κ3) is 5.74. The molecule has 0 unspecified atom stereocenters. The molecule has 1 heterocycles. The van der Waals surface area contributed by atoms with Gasteiger partial charge in [-0.2, -0.15) is 0 Å². The fourth-order valence-electron chi connectivity index (χ4n) is 3.15. The number of thioether (sulfide) groups is 1. The number of halogens is 1.